The van der Waals surface area contributed by atoms with Gasteiger partial charge in [-0.15, -0.1) is 0 Å². The lowest BCUT2D eigenvalue weighted by Gasteiger charge is -2.35. The van der Waals surface area contributed by atoms with Crippen LogP contribution in [0.5, 0.6) is 5.75 Å². The van der Waals surface area contributed by atoms with Crippen molar-refractivity contribution in [1.82, 2.24) is 0 Å². The highest BCUT2D eigenvalue weighted by Crippen LogP contribution is 2.37. The first-order valence-corrected chi connectivity index (χ1v) is 11.1. The van der Waals surface area contributed by atoms with Gasteiger partial charge in [0.15, 0.2) is 0 Å². The van der Waals surface area contributed by atoms with Crippen LogP contribution in [0.15, 0.2) is 54.6 Å². The summed E-state index contributed by atoms with van der Waals surface area (Å²) in [6.07, 6.45) is 0. The van der Waals surface area contributed by atoms with E-state index in [9.17, 15) is 9.59 Å². The van der Waals surface area contributed by atoms with Gasteiger partial charge in [-0.1, -0.05) is 51.1 Å². The lowest BCUT2D eigenvalue weighted by Crippen LogP contribution is -2.42. The smallest absolute Gasteiger partial charge is 0.344 e. The van der Waals surface area contributed by atoms with Crippen LogP contribution in [0.25, 0.3) is 0 Å². The maximum Gasteiger partial charge on any atom is 0.344 e. The van der Waals surface area contributed by atoms with E-state index in [4.69, 9.17) is 9.16 Å². The van der Waals surface area contributed by atoms with Gasteiger partial charge in [-0.2, -0.15) is 0 Å². The van der Waals surface area contributed by atoms with Gasteiger partial charge in [-0.05, 0) is 42.4 Å². The third-order valence-corrected chi connectivity index (χ3v) is 8.78. The van der Waals surface area contributed by atoms with Gasteiger partial charge in [-0.25, -0.2) is 9.59 Å². The summed E-state index contributed by atoms with van der Waals surface area (Å²) in [5, 5.41) is -0.109. The van der Waals surface area contributed by atoms with E-state index < -0.39 is 20.3 Å². The summed E-state index contributed by atoms with van der Waals surface area (Å²) in [5.41, 5.74) is 0.434. The molecule has 2 aromatic carbocycles. The van der Waals surface area contributed by atoms with Crippen molar-refractivity contribution in [2.45, 2.75) is 38.9 Å². The fourth-order valence-electron chi connectivity index (χ4n) is 1.93. The molecule has 0 heterocycles. The Morgan fingerprint density at radius 2 is 1.28 bits per heavy atom. The molecule has 0 radical (unpaired) electrons. The largest absolute Gasteiger partial charge is 0.516 e. The topological polar surface area (TPSA) is 52.6 Å². The van der Waals surface area contributed by atoms with E-state index in [2.05, 4.69) is 20.8 Å². The molecule has 0 amide bonds. The minimum atomic E-state index is -2.28. The van der Waals surface area contributed by atoms with Crippen molar-refractivity contribution in [3.63, 3.8) is 0 Å². The summed E-state index contributed by atoms with van der Waals surface area (Å²) in [6.45, 7) is 10.2. The van der Waals surface area contributed by atoms with Gasteiger partial charge in [-0.3, -0.25) is 0 Å². The molecule has 2 rings (SSSR count). The molecular formula is C20H24O4Si. The molecule has 0 unspecified atom stereocenters. The van der Waals surface area contributed by atoms with Crippen molar-refractivity contribution >= 4 is 20.3 Å². The van der Waals surface area contributed by atoms with Gasteiger partial charge >= 0.3 is 11.9 Å². The zero-order valence-electron chi connectivity index (χ0n) is 15.3. The van der Waals surface area contributed by atoms with Crippen LogP contribution in [0, 0.1) is 0 Å². The van der Waals surface area contributed by atoms with Crippen LogP contribution in [0.4, 0.5) is 0 Å². The van der Waals surface area contributed by atoms with Crippen LogP contribution < -0.4 is 4.74 Å². The lowest BCUT2D eigenvalue weighted by molar-refractivity contribution is 0.0679. The molecule has 0 aliphatic carbocycles. The van der Waals surface area contributed by atoms with Crippen molar-refractivity contribution < 1.29 is 18.8 Å². The van der Waals surface area contributed by atoms with Gasteiger partial charge in [0.1, 0.15) is 5.75 Å². The normalized spacial score (nSPS) is 11.7. The highest BCUT2D eigenvalue weighted by atomic mass is 28.4. The summed E-state index contributed by atoms with van der Waals surface area (Å²) in [7, 11) is -2.28. The average molecular weight is 356 g/mol. The Hall–Kier alpha value is -2.40. The molecule has 0 aliphatic rings. The van der Waals surface area contributed by atoms with Crippen molar-refractivity contribution in [3.05, 3.63) is 65.7 Å². The van der Waals surface area contributed by atoms with Gasteiger partial charge < -0.3 is 9.16 Å². The molecule has 25 heavy (non-hydrogen) atoms. The molecule has 5 heteroatoms. The maximum absolute atomic E-state index is 12.7. The molecule has 0 fully saturated rings. The monoisotopic (exact) mass is 356 g/mol. The SMILES string of the molecule is CC(C)(C)[Si](C)(C)OC(=O)c1ccccc1C(=O)Oc1ccccc1. The van der Waals surface area contributed by atoms with Crippen LogP contribution in [0.3, 0.4) is 0 Å². The third-order valence-electron chi connectivity index (χ3n) is 4.47. The first kappa shape index (κ1) is 18.9. The summed E-state index contributed by atoms with van der Waals surface area (Å²) in [6, 6.07) is 15.3. The van der Waals surface area contributed by atoms with E-state index in [0.717, 1.165) is 0 Å². The zero-order valence-corrected chi connectivity index (χ0v) is 16.3. The molecule has 0 atom stereocenters. The number of carbonyl (C=O) groups is 2. The van der Waals surface area contributed by atoms with Crippen LogP contribution in [-0.4, -0.2) is 20.3 Å². The third kappa shape index (κ3) is 4.57. The molecule has 4 nitrogen and oxygen atoms in total. The minimum absolute atomic E-state index is 0.109. The zero-order chi connectivity index (χ0) is 18.7. The van der Waals surface area contributed by atoms with Crippen LogP contribution in [0.2, 0.25) is 18.1 Å². The lowest BCUT2D eigenvalue weighted by atomic mass is 10.1. The van der Waals surface area contributed by atoms with Crippen molar-refractivity contribution in [2.75, 3.05) is 0 Å². The van der Waals surface area contributed by atoms with Gasteiger partial charge in [0.05, 0.1) is 11.1 Å². The first-order chi connectivity index (χ1) is 11.6. The Morgan fingerprint density at radius 3 is 1.80 bits per heavy atom. The molecule has 132 valence electrons. The van der Waals surface area contributed by atoms with Crippen molar-refractivity contribution in [1.29, 1.82) is 0 Å². The van der Waals surface area contributed by atoms with Crippen molar-refractivity contribution in [3.8, 4) is 5.75 Å². The van der Waals surface area contributed by atoms with E-state index in [1.807, 2.05) is 19.2 Å². The number of rotatable bonds is 4. The molecule has 0 aliphatic heterocycles. The number of esters is 1. The van der Waals surface area contributed by atoms with Gasteiger partial charge in [0.25, 0.3) is 8.32 Å². The Kier molecular flexibility index (Phi) is 5.47. The molecular weight excluding hydrogens is 332 g/mol. The second-order valence-electron chi connectivity index (χ2n) is 7.40. The minimum Gasteiger partial charge on any atom is -0.516 e. The Balaban J connectivity index is 2.26. The van der Waals surface area contributed by atoms with E-state index in [-0.39, 0.29) is 16.2 Å². The van der Waals surface area contributed by atoms with Gasteiger partial charge in [0, 0.05) is 0 Å². The van der Waals surface area contributed by atoms with Gasteiger partial charge in [0.2, 0.25) is 0 Å². The quantitative estimate of drug-likeness (QED) is 0.436. The molecule has 0 bridgehead atoms. The second-order valence-corrected chi connectivity index (χ2v) is 12.1. The number of para-hydroxylation sites is 1. The molecule has 0 spiro atoms. The summed E-state index contributed by atoms with van der Waals surface area (Å²) in [5.74, 6) is -0.624. The standard InChI is InChI=1S/C20H24O4Si/c1-20(2,3)25(4,5)24-19(22)17-14-10-9-13-16(17)18(21)23-15-11-7-6-8-12-15/h6-14H,1-5H3. The molecule has 0 aromatic heterocycles. The fraction of sp³-hybridized carbons (Fsp3) is 0.300. The Labute approximate surface area is 149 Å². The number of ether oxygens (including phenoxy) is 1. The highest BCUT2D eigenvalue weighted by molar-refractivity contribution is 6.75. The van der Waals surface area contributed by atoms with E-state index in [1.54, 1.807) is 48.5 Å². The molecule has 2 aromatic rings. The number of benzene rings is 2. The molecule has 0 saturated carbocycles. The van der Waals surface area contributed by atoms with Crippen LogP contribution >= 0.6 is 0 Å². The first-order valence-electron chi connectivity index (χ1n) is 8.21. The Bertz CT molecular complexity index is 761. The fourth-order valence-corrected chi connectivity index (χ4v) is 2.81. The number of hydrogen-bond donors (Lipinski definition) is 0. The maximum atomic E-state index is 12.7. The van der Waals surface area contributed by atoms with E-state index >= 15 is 0 Å². The summed E-state index contributed by atoms with van der Waals surface area (Å²) < 4.78 is 11.2. The number of carbonyl (C=O) groups excluding carboxylic acids is 2. The summed E-state index contributed by atoms with van der Waals surface area (Å²) in [4.78, 5) is 25.2. The van der Waals surface area contributed by atoms with Crippen LogP contribution in [-0.2, 0) is 4.43 Å². The Morgan fingerprint density at radius 1 is 0.800 bits per heavy atom. The summed E-state index contributed by atoms with van der Waals surface area (Å²) >= 11 is 0. The predicted molar refractivity (Wildman–Crippen MR) is 100 cm³/mol. The van der Waals surface area contributed by atoms with Crippen molar-refractivity contribution in [2.24, 2.45) is 0 Å². The highest BCUT2D eigenvalue weighted by Gasteiger charge is 2.41. The average Bonchev–Trinajstić information content (AvgIpc) is 2.54. The second kappa shape index (κ2) is 7.23. The molecule has 0 N–H and O–H groups in total. The predicted octanol–water partition coefficient (Wildman–Crippen LogP) is 5.07. The van der Waals surface area contributed by atoms with E-state index in [0.29, 0.717) is 5.75 Å². The number of hydrogen-bond acceptors (Lipinski definition) is 4. The van der Waals surface area contributed by atoms with Crippen LogP contribution in [0.1, 0.15) is 41.5 Å². The van der Waals surface area contributed by atoms with E-state index in [1.165, 1.54) is 0 Å². The molecule has 0 saturated heterocycles.